The van der Waals surface area contributed by atoms with Gasteiger partial charge in [-0.05, 0) is 36.8 Å². The van der Waals surface area contributed by atoms with E-state index in [9.17, 15) is 18.4 Å². The third kappa shape index (κ3) is 4.82. The number of fused-ring (bicyclic) bond motifs is 2. The minimum Gasteiger partial charge on any atom is -0.490 e. The smallest absolute Gasteiger partial charge is 0.410 e. The second-order valence-electron chi connectivity index (χ2n) is 9.72. The van der Waals surface area contributed by atoms with E-state index >= 15 is 0 Å². The molecule has 4 heterocycles. The lowest BCUT2D eigenvalue weighted by Crippen LogP contribution is -2.44. The molecule has 0 spiro atoms. The molecule has 2 aromatic carbocycles. The first-order chi connectivity index (χ1) is 18.8. The zero-order valence-electron chi connectivity index (χ0n) is 20.9. The first-order valence-electron chi connectivity index (χ1n) is 12.5. The largest absolute Gasteiger partial charge is 0.490 e. The Balaban J connectivity index is 1.41. The number of nitrogens with zero attached hydrogens (tertiary/aromatic N) is 5. The van der Waals surface area contributed by atoms with Crippen molar-refractivity contribution < 1.29 is 23.0 Å². The number of rotatable bonds is 6. The van der Waals surface area contributed by atoms with Gasteiger partial charge in [0, 0.05) is 41.7 Å². The van der Waals surface area contributed by atoms with Crippen molar-refractivity contribution in [3.8, 4) is 16.9 Å². The predicted octanol–water partition coefficient (Wildman–Crippen LogP) is 5.03. The monoisotopic (exact) mass is 555 g/mol. The number of piperidine rings is 1. The number of alkyl halides is 2. The number of ether oxygens (including phenoxy) is 2. The summed E-state index contributed by atoms with van der Waals surface area (Å²) in [5.41, 5.74) is 1.96. The Kier molecular flexibility index (Phi) is 6.46. The number of aryl methyl sites for hydroxylation is 1. The van der Waals surface area contributed by atoms with E-state index in [4.69, 9.17) is 21.1 Å². The van der Waals surface area contributed by atoms with Crippen molar-refractivity contribution in [1.29, 1.82) is 0 Å². The van der Waals surface area contributed by atoms with Crippen molar-refractivity contribution in [2.45, 2.75) is 45.0 Å². The highest BCUT2D eigenvalue weighted by Gasteiger charge is 2.39. The van der Waals surface area contributed by atoms with Gasteiger partial charge in [0.1, 0.15) is 24.3 Å². The van der Waals surface area contributed by atoms with Crippen molar-refractivity contribution in [2.75, 3.05) is 13.2 Å². The van der Waals surface area contributed by atoms with Crippen molar-refractivity contribution in [2.24, 2.45) is 0 Å². The molecule has 12 heteroatoms. The molecule has 6 rings (SSSR count). The van der Waals surface area contributed by atoms with Gasteiger partial charge in [-0.25, -0.2) is 14.5 Å². The zero-order chi connectivity index (χ0) is 27.3. The summed E-state index contributed by atoms with van der Waals surface area (Å²) in [5, 5.41) is 4.71. The molecule has 9 nitrogen and oxygen atoms in total. The molecule has 4 aromatic rings. The van der Waals surface area contributed by atoms with Gasteiger partial charge < -0.3 is 14.4 Å². The normalized spacial score (nSPS) is 19.0. The molecule has 0 unspecified atom stereocenters. The first kappa shape index (κ1) is 25.3. The average molecular weight is 556 g/mol. The number of aromatic nitrogens is 4. The van der Waals surface area contributed by atoms with Crippen LogP contribution in [0.25, 0.3) is 22.0 Å². The summed E-state index contributed by atoms with van der Waals surface area (Å²) in [6.45, 7) is 0.0260. The minimum atomic E-state index is -2.80. The predicted molar refractivity (Wildman–Crippen MR) is 139 cm³/mol. The lowest BCUT2D eigenvalue weighted by Gasteiger charge is -2.33. The molecular formula is C27H24ClF2N5O4. The molecule has 2 aliphatic rings. The Hall–Kier alpha value is -3.99. The van der Waals surface area contributed by atoms with Crippen molar-refractivity contribution >= 4 is 28.6 Å². The van der Waals surface area contributed by atoms with Gasteiger partial charge in [0.15, 0.2) is 0 Å². The summed E-state index contributed by atoms with van der Waals surface area (Å²) < 4.78 is 40.3. The molecule has 2 aromatic heterocycles. The van der Waals surface area contributed by atoms with Crippen LogP contribution in [0, 0.1) is 6.92 Å². The highest BCUT2D eigenvalue weighted by atomic mass is 35.5. The second kappa shape index (κ2) is 9.96. The molecule has 0 bridgehead atoms. The highest BCUT2D eigenvalue weighted by Crippen LogP contribution is 2.36. The van der Waals surface area contributed by atoms with E-state index in [1.54, 1.807) is 40.7 Å². The molecular weight excluding hydrogens is 532 g/mol. The van der Waals surface area contributed by atoms with Crippen LogP contribution >= 0.6 is 11.6 Å². The van der Waals surface area contributed by atoms with Crippen LogP contribution in [0.4, 0.5) is 13.6 Å². The maximum atomic E-state index is 13.7. The van der Waals surface area contributed by atoms with Gasteiger partial charge in [0.2, 0.25) is 0 Å². The number of amides is 1. The van der Waals surface area contributed by atoms with E-state index in [1.165, 1.54) is 12.4 Å². The standard InChI is InChI=1S/C27H24ClF2N5O4/c1-15-32-23-9-21(17-11-31-35(13-17)26(29)30)24(39-20-6-7-33-19(8-20)14-38-27(33)37)10-22(23)25(36)34(15)12-16-2-4-18(28)5-3-16/h2-5,9-11,13,19-20,26H,6-8,12,14H2,1H3/t19-,20-/m0/s1. The molecule has 2 atom stereocenters. The van der Waals surface area contributed by atoms with E-state index < -0.39 is 6.55 Å². The Bertz CT molecular complexity index is 1620. The number of benzene rings is 2. The summed E-state index contributed by atoms with van der Waals surface area (Å²) >= 11 is 6.01. The second-order valence-corrected chi connectivity index (χ2v) is 10.2. The zero-order valence-corrected chi connectivity index (χ0v) is 21.6. The number of carbonyl (C=O) groups excluding carboxylic acids is 1. The SMILES string of the molecule is Cc1nc2cc(-c3cnn(C(F)F)c3)c(O[C@H]3CCN4C(=O)OC[C@@H]4C3)cc2c(=O)n1Cc1ccc(Cl)cc1. The van der Waals surface area contributed by atoms with Crippen LogP contribution in [-0.2, 0) is 11.3 Å². The molecule has 0 radical (unpaired) electrons. The van der Waals surface area contributed by atoms with Gasteiger partial charge in [0.25, 0.3) is 5.56 Å². The van der Waals surface area contributed by atoms with E-state index in [1.807, 2.05) is 12.1 Å². The lowest BCUT2D eigenvalue weighted by atomic mass is 10.0. The minimum absolute atomic E-state index is 0.0948. The van der Waals surface area contributed by atoms with Crippen LogP contribution in [0.2, 0.25) is 5.02 Å². The summed E-state index contributed by atoms with van der Waals surface area (Å²) in [5.74, 6) is 0.865. The first-order valence-corrected chi connectivity index (χ1v) is 12.9. The van der Waals surface area contributed by atoms with Gasteiger partial charge in [-0.15, -0.1) is 0 Å². The Labute approximate surface area is 226 Å². The van der Waals surface area contributed by atoms with Crippen molar-refractivity contribution in [3.05, 3.63) is 75.6 Å². The highest BCUT2D eigenvalue weighted by molar-refractivity contribution is 6.30. The summed E-state index contributed by atoms with van der Waals surface area (Å²) in [4.78, 5) is 31.9. The number of carbonyl (C=O) groups is 1. The van der Waals surface area contributed by atoms with Gasteiger partial charge in [-0.1, -0.05) is 23.7 Å². The summed E-state index contributed by atoms with van der Waals surface area (Å²) in [6.07, 6.45) is 3.09. The number of halogens is 3. The molecule has 2 saturated heterocycles. The molecule has 2 aliphatic heterocycles. The summed E-state index contributed by atoms with van der Waals surface area (Å²) in [7, 11) is 0. The van der Waals surface area contributed by atoms with Gasteiger partial charge in [-0.3, -0.25) is 9.36 Å². The van der Waals surface area contributed by atoms with Crippen LogP contribution in [0.15, 0.2) is 53.6 Å². The van der Waals surface area contributed by atoms with Crippen LogP contribution < -0.4 is 10.3 Å². The quantitative estimate of drug-likeness (QED) is 0.331. The van der Waals surface area contributed by atoms with Crippen LogP contribution in [0.5, 0.6) is 5.75 Å². The fraction of sp³-hybridized carbons (Fsp3) is 0.333. The fourth-order valence-electron chi connectivity index (χ4n) is 5.17. The van der Waals surface area contributed by atoms with E-state index in [2.05, 4.69) is 10.1 Å². The molecule has 202 valence electrons. The van der Waals surface area contributed by atoms with Gasteiger partial charge >= 0.3 is 12.6 Å². The van der Waals surface area contributed by atoms with Gasteiger partial charge in [-0.2, -0.15) is 13.9 Å². The number of hydrogen-bond acceptors (Lipinski definition) is 6. The Morgan fingerprint density at radius 3 is 2.74 bits per heavy atom. The maximum absolute atomic E-state index is 13.7. The Morgan fingerprint density at radius 2 is 2.00 bits per heavy atom. The third-order valence-corrected chi connectivity index (χ3v) is 7.46. The van der Waals surface area contributed by atoms with E-state index in [0.29, 0.717) is 75.8 Å². The summed E-state index contributed by atoms with van der Waals surface area (Å²) in [6, 6.07) is 10.4. The fourth-order valence-corrected chi connectivity index (χ4v) is 5.30. The molecule has 0 saturated carbocycles. The van der Waals surface area contributed by atoms with E-state index in [-0.39, 0.29) is 23.8 Å². The average Bonchev–Trinajstić information content (AvgIpc) is 3.55. The molecule has 0 aliphatic carbocycles. The third-order valence-electron chi connectivity index (χ3n) is 7.21. The molecule has 39 heavy (non-hydrogen) atoms. The maximum Gasteiger partial charge on any atom is 0.410 e. The number of hydrogen-bond donors (Lipinski definition) is 0. The van der Waals surface area contributed by atoms with Crippen LogP contribution in [-0.4, -0.2) is 55.6 Å². The van der Waals surface area contributed by atoms with Crippen molar-refractivity contribution in [3.63, 3.8) is 0 Å². The van der Waals surface area contributed by atoms with Crippen LogP contribution in [0.1, 0.15) is 30.8 Å². The lowest BCUT2D eigenvalue weighted by molar-refractivity contribution is 0.0566. The van der Waals surface area contributed by atoms with Crippen LogP contribution in [0.3, 0.4) is 0 Å². The van der Waals surface area contributed by atoms with E-state index in [0.717, 1.165) is 5.56 Å². The van der Waals surface area contributed by atoms with Gasteiger partial charge in [0.05, 0.1) is 29.7 Å². The molecule has 0 N–H and O–H groups in total. The van der Waals surface area contributed by atoms with Crippen molar-refractivity contribution in [1.82, 2.24) is 24.2 Å². The topological polar surface area (TPSA) is 91.5 Å². The molecule has 2 fully saturated rings. The molecule has 1 amide bonds. The number of cyclic esters (lactones) is 1. The Morgan fingerprint density at radius 1 is 1.21 bits per heavy atom.